The third-order valence-corrected chi connectivity index (χ3v) is 9.42. The van der Waals surface area contributed by atoms with Crippen molar-refractivity contribution in [3.63, 3.8) is 0 Å². The molecule has 0 aromatic heterocycles. The van der Waals surface area contributed by atoms with E-state index in [1.165, 1.54) is 23.9 Å². The highest BCUT2D eigenvalue weighted by Gasteiger charge is 2.35. The van der Waals surface area contributed by atoms with E-state index < -0.39 is 39.2 Å². The fourth-order valence-electron chi connectivity index (χ4n) is 3.80. The molecule has 4 aromatic rings. The summed E-state index contributed by atoms with van der Waals surface area (Å²) in [5, 5.41) is 2.73. The van der Waals surface area contributed by atoms with Gasteiger partial charge in [-0.25, -0.2) is 8.42 Å². The minimum atomic E-state index is -4.84. The van der Waals surface area contributed by atoms with Gasteiger partial charge in [0, 0.05) is 15.7 Å². The van der Waals surface area contributed by atoms with Crippen LogP contribution in [-0.2, 0) is 26.7 Å². The van der Waals surface area contributed by atoms with E-state index in [0.29, 0.717) is 26.8 Å². The van der Waals surface area contributed by atoms with Crippen LogP contribution in [-0.4, -0.2) is 20.9 Å². The quantitative estimate of drug-likeness (QED) is 0.187. The monoisotopic (exact) mass is 638 g/mol. The lowest BCUT2D eigenvalue weighted by Gasteiger charge is -2.25. The smallest absolute Gasteiger partial charge is 0.323 e. The van der Waals surface area contributed by atoms with Crippen molar-refractivity contribution in [2.24, 2.45) is 0 Å². The van der Waals surface area contributed by atoms with E-state index in [-0.39, 0.29) is 10.6 Å². The fraction of sp³-hybridized carbons (Fsp3) is 0.138. The largest absolute Gasteiger partial charge is 0.417 e. The maximum atomic E-state index is 13.6. The first-order chi connectivity index (χ1) is 19.3. The van der Waals surface area contributed by atoms with E-state index in [1.54, 1.807) is 55.5 Å². The number of aryl methyl sites for hydroxylation is 1. The SMILES string of the molecule is Cc1ccc(S(=O)(=O)N(CC(=O)Nc2ccccc2SCc2ccc(Cl)cc2)c2ccc(Cl)c(C(F)(F)F)c2)cc1. The predicted molar refractivity (Wildman–Crippen MR) is 158 cm³/mol. The molecule has 0 aliphatic heterocycles. The van der Waals surface area contributed by atoms with Crippen LogP contribution in [0.4, 0.5) is 24.5 Å². The number of nitrogens with zero attached hydrogens (tertiary/aromatic N) is 1. The molecule has 0 bridgehead atoms. The van der Waals surface area contributed by atoms with Crippen molar-refractivity contribution in [1.29, 1.82) is 0 Å². The zero-order valence-corrected chi connectivity index (χ0v) is 24.6. The summed E-state index contributed by atoms with van der Waals surface area (Å²) in [4.78, 5) is 13.8. The van der Waals surface area contributed by atoms with Crippen LogP contribution in [0.2, 0.25) is 10.0 Å². The lowest BCUT2D eigenvalue weighted by molar-refractivity contribution is -0.137. The Kier molecular flexibility index (Phi) is 9.59. The summed E-state index contributed by atoms with van der Waals surface area (Å²) >= 11 is 13.2. The summed E-state index contributed by atoms with van der Waals surface area (Å²) < 4.78 is 68.8. The van der Waals surface area contributed by atoms with Gasteiger partial charge in [0.25, 0.3) is 10.0 Å². The normalized spacial score (nSPS) is 11.8. The molecule has 0 heterocycles. The lowest BCUT2D eigenvalue weighted by atomic mass is 10.2. The highest BCUT2D eigenvalue weighted by Crippen LogP contribution is 2.38. The molecule has 4 aromatic carbocycles. The van der Waals surface area contributed by atoms with Crippen molar-refractivity contribution in [2.45, 2.75) is 28.6 Å². The fourth-order valence-corrected chi connectivity index (χ4v) is 6.52. The molecule has 0 spiro atoms. The maximum absolute atomic E-state index is 13.6. The van der Waals surface area contributed by atoms with Gasteiger partial charge in [-0.05, 0) is 67.1 Å². The van der Waals surface area contributed by atoms with Gasteiger partial charge >= 0.3 is 6.18 Å². The Labute approximate surface area is 250 Å². The molecule has 0 unspecified atom stereocenters. The molecular weight excluding hydrogens is 616 g/mol. The molecule has 4 rings (SSSR count). The highest BCUT2D eigenvalue weighted by atomic mass is 35.5. The van der Waals surface area contributed by atoms with E-state index in [9.17, 15) is 26.4 Å². The number of rotatable bonds is 9. The first-order valence-electron chi connectivity index (χ1n) is 12.1. The van der Waals surface area contributed by atoms with E-state index in [1.807, 2.05) is 12.1 Å². The second-order valence-corrected chi connectivity index (χ2v) is 12.7. The van der Waals surface area contributed by atoms with E-state index in [2.05, 4.69) is 5.32 Å². The molecule has 1 amide bonds. The van der Waals surface area contributed by atoms with Gasteiger partial charge in [-0.2, -0.15) is 13.2 Å². The summed E-state index contributed by atoms with van der Waals surface area (Å²) in [6.45, 7) is 0.976. The predicted octanol–water partition coefficient (Wildman–Crippen LogP) is 8.45. The van der Waals surface area contributed by atoms with Crippen molar-refractivity contribution < 1.29 is 26.4 Å². The minimum absolute atomic E-state index is 0.182. The molecule has 1 N–H and O–H groups in total. The molecular formula is C29H23Cl2F3N2O3S2. The Morgan fingerprint density at radius 3 is 2.24 bits per heavy atom. The molecule has 0 aliphatic carbocycles. The van der Waals surface area contributed by atoms with E-state index >= 15 is 0 Å². The molecule has 214 valence electrons. The van der Waals surface area contributed by atoms with Crippen LogP contribution in [0.25, 0.3) is 0 Å². The Balaban J connectivity index is 1.64. The van der Waals surface area contributed by atoms with Crippen molar-refractivity contribution in [2.75, 3.05) is 16.2 Å². The Morgan fingerprint density at radius 2 is 1.59 bits per heavy atom. The number of amides is 1. The topological polar surface area (TPSA) is 66.5 Å². The Morgan fingerprint density at radius 1 is 0.927 bits per heavy atom. The summed E-state index contributed by atoms with van der Waals surface area (Å²) in [7, 11) is -4.45. The Hall–Kier alpha value is -3.18. The minimum Gasteiger partial charge on any atom is -0.323 e. The number of carbonyl (C=O) groups is 1. The number of hydrogen-bond donors (Lipinski definition) is 1. The third kappa shape index (κ3) is 7.77. The van der Waals surface area contributed by atoms with Gasteiger partial charge in [0.05, 0.1) is 26.9 Å². The van der Waals surface area contributed by atoms with E-state index in [4.69, 9.17) is 23.2 Å². The van der Waals surface area contributed by atoms with Crippen LogP contribution < -0.4 is 9.62 Å². The number of alkyl halides is 3. The molecule has 0 fully saturated rings. The lowest BCUT2D eigenvalue weighted by Crippen LogP contribution is -2.38. The van der Waals surface area contributed by atoms with E-state index in [0.717, 1.165) is 28.2 Å². The number of benzene rings is 4. The summed E-state index contributed by atoms with van der Waals surface area (Å²) in [5.41, 5.74) is 0.634. The average molecular weight is 640 g/mol. The summed E-state index contributed by atoms with van der Waals surface area (Å²) in [5.74, 6) is -0.174. The number of anilines is 2. The third-order valence-electron chi connectivity index (χ3n) is 5.91. The summed E-state index contributed by atoms with van der Waals surface area (Å²) in [6.07, 6.45) is -4.84. The number of para-hydroxylation sites is 1. The number of halogens is 5. The first kappa shape index (κ1) is 30.8. The molecule has 0 radical (unpaired) electrons. The maximum Gasteiger partial charge on any atom is 0.417 e. The first-order valence-corrected chi connectivity index (χ1v) is 15.2. The molecule has 5 nitrogen and oxygen atoms in total. The van der Waals surface area contributed by atoms with Gasteiger partial charge in [-0.15, -0.1) is 11.8 Å². The number of carbonyl (C=O) groups excluding carboxylic acids is 1. The van der Waals surface area contributed by atoms with Crippen LogP contribution in [0.1, 0.15) is 16.7 Å². The number of thioether (sulfide) groups is 1. The van der Waals surface area contributed by atoms with Gasteiger partial charge in [-0.1, -0.05) is 65.2 Å². The van der Waals surface area contributed by atoms with Crippen molar-refractivity contribution >= 4 is 62.3 Å². The molecule has 41 heavy (non-hydrogen) atoms. The molecule has 0 saturated carbocycles. The zero-order valence-electron chi connectivity index (χ0n) is 21.5. The van der Waals surface area contributed by atoms with Crippen LogP contribution in [0.3, 0.4) is 0 Å². The standard InChI is InChI=1S/C29H23Cl2F3N2O3S2/c1-19-6-13-23(14-7-19)41(38,39)36(22-12-15-25(31)24(16-22)29(32,33)34)17-28(37)35-26-4-2-3-5-27(26)40-18-20-8-10-21(30)11-9-20/h2-16H,17-18H2,1H3,(H,35,37). The zero-order chi connectivity index (χ0) is 29.8. The summed E-state index contributed by atoms with van der Waals surface area (Å²) in [6, 6.07) is 22.8. The van der Waals surface area contributed by atoms with Crippen LogP contribution >= 0.6 is 35.0 Å². The van der Waals surface area contributed by atoms with Crippen molar-refractivity contribution in [3.05, 3.63) is 118 Å². The number of nitrogens with one attached hydrogen (secondary N) is 1. The number of hydrogen-bond acceptors (Lipinski definition) is 4. The van der Waals surface area contributed by atoms with Crippen molar-refractivity contribution in [3.8, 4) is 0 Å². The molecule has 0 saturated heterocycles. The average Bonchev–Trinajstić information content (AvgIpc) is 2.92. The van der Waals surface area contributed by atoms with Crippen LogP contribution in [0.5, 0.6) is 0 Å². The van der Waals surface area contributed by atoms with Gasteiger partial charge in [0.2, 0.25) is 5.91 Å². The second kappa shape index (κ2) is 12.8. The Bertz CT molecular complexity index is 1650. The number of sulfonamides is 1. The van der Waals surface area contributed by atoms with Crippen LogP contribution in [0, 0.1) is 6.92 Å². The van der Waals surface area contributed by atoms with Gasteiger partial charge in [0.1, 0.15) is 6.54 Å². The highest BCUT2D eigenvalue weighted by molar-refractivity contribution is 7.98. The van der Waals surface area contributed by atoms with Gasteiger partial charge in [0.15, 0.2) is 0 Å². The molecule has 0 aliphatic rings. The van der Waals surface area contributed by atoms with Gasteiger partial charge in [-0.3, -0.25) is 9.10 Å². The van der Waals surface area contributed by atoms with Crippen molar-refractivity contribution in [1.82, 2.24) is 0 Å². The molecule has 12 heteroatoms. The van der Waals surface area contributed by atoms with Gasteiger partial charge < -0.3 is 5.32 Å². The second-order valence-electron chi connectivity index (χ2n) is 8.95. The molecule has 0 atom stereocenters. The van der Waals surface area contributed by atoms with Crippen LogP contribution in [0.15, 0.2) is 101 Å².